The summed E-state index contributed by atoms with van der Waals surface area (Å²) < 4.78 is 11.4. The third kappa shape index (κ3) is 4.28. The van der Waals surface area contributed by atoms with Gasteiger partial charge in [-0.05, 0) is 49.2 Å². The van der Waals surface area contributed by atoms with Gasteiger partial charge in [0.25, 0.3) is 0 Å². The number of rotatable bonds is 6. The van der Waals surface area contributed by atoms with Gasteiger partial charge in [-0.3, -0.25) is 0 Å². The number of halogens is 1. The number of aryl methyl sites for hydroxylation is 1. The summed E-state index contributed by atoms with van der Waals surface area (Å²) in [5.41, 5.74) is 1.13. The number of hydrogen-bond donors (Lipinski definition) is 0. The molecule has 0 aromatic heterocycles. The fourth-order valence-electron chi connectivity index (χ4n) is 1.65. The van der Waals surface area contributed by atoms with Gasteiger partial charge < -0.3 is 9.47 Å². The van der Waals surface area contributed by atoms with Crippen molar-refractivity contribution in [2.45, 2.75) is 13.3 Å². The molecule has 100 valence electrons. The number of benzene rings is 2. The lowest BCUT2D eigenvalue weighted by atomic mass is 10.2. The monoisotopic (exact) mass is 320 g/mol. The Hall–Kier alpha value is -1.48. The molecule has 0 aliphatic rings. The van der Waals surface area contributed by atoms with Crippen LogP contribution in [0.1, 0.15) is 12.0 Å². The standard InChI is InChI=1S/C16H17BrO2/c1-13-5-2-3-6-16(13)19-15-9-7-14(8-10-15)18-12-4-11-17/h2-3,5-10H,4,11-12H2,1H3. The Labute approximate surface area is 122 Å². The second-order valence-electron chi connectivity index (χ2n) is 4.23. The number of para-hydroxylation sites is 1. The van der Waals surface area contributed by atoms with E-state index >= 15 is 0 Å². The minimum atomic E-state index is 0.725. The van der Waals surface area contributed by atoms with E-state index in [0.717, 1.165) is 41.2 Å². The molecular weight excluding hydrogens is 304 g/mol. The number of hydrogen-bond acceptors (Lipinski definition) is 2. The van der Waals surface area contributed by atoms with Gasteiger partial charge in [0.05, 0.1) is 6.61 Å². The van der Waals surface area contributed by atoms with Gasteiger partial charge in [0, 0.05) is 5.33 Å². The summed E-state index contributed by atoms with van der Waals surface area (Å²) in [6, 6.07) is 15.7. The van der Waals surface area contributed by atoms with Crippen LogP contribution < -0.4 is 9.47 Å². The van der Waals surface area contributed by atoms with Crippen LogP contribution in [0.15, 0.2) is 48.5 Å². The highest BCUT2D eigenvalue weighted by Gasteiger charge is 2.01. The molecule has 0 amide bonds. The summed E-state index contributed by atoms with van der Waals surface area (Å²) in [7, 11) is 0. The molecule has 0 aliphatic heterocycles. The fraction of sp³-hybridized carbons (Fsp3) is 0.250. The molecule has 0 fully saturated rings. The summed E-state index contributed by atoms with van der Waals surface area (Å²) in [6.07, 6.45) is 1.00. The first kappa shape index (κ1) is 13.9. The van der Waals surface area contributed by atoms with Crippen molar-refractivity contribution in [2.24, 2.45) is 0 Å². The number of ether oxygens (including phenoxy) is 2. The molecule has 0 unspecified atom stereocenters. The van der Waals surface area contributed by atoms with Crippen molar-refractivity contribution in [1.29, 1.82) is 0 Å². The molecule has 0 radical (unpaired) electrons. The van der Waals surface area contributed by atoms with Crippen LogP contribution in [0.4, 0.5) is 0 Å². The Morgan fingerprint density at radius 3 is 2.32 bits per heavy atom. The molecule has 0 saturated heterocycles. The van der Waals surface area contributed by atoms with E-state index in [1.54, 1.807) is 0 Å². The van der Waals surface area contributed by atoms with Gasteiger partial charge in [0.1, 0.15) is 17.2 Å². The minimum Gasteiger partial charge on any atom is -0.494 e. The van der Waals surface area contributed by atoms with Gasteiger partial charge >= 0.3 is 0 Å². The van der Waals surface area contributed by atoms with E-state index in [2.05, 4.69) is 15.9 Å². The Bertz CT molecular complexity index is 508. The lowest BCUT2D eigenvalue weighted by Crippen LogP contribution is -1.97. The van der Waals surface area contributed by atoms with Gasteiger partial charge in [-0.1, -0.05) is 34.1 Å². The predicted octanol–water partition coefficient (Wildman–Crippen LogP) is 4.95. The maximum Gasteiger partial charge on any atom is 0.130 e. The first-order chi connectivity index (χ1) is 9.29. The third-order valence-corrected chi connectivity index (χ3v) is 3.25. The van der Waals surface area contributed by atoms with Crippen LogP contribution in [-0.4, -0.2) is 11.9 Å². The molecule has 3 heteroatoms. The van der Waals surface area contributed by atoms with Crippen molar-refractivity contribution in [1.82, 2.24) is 0 Å². The minimum absolute atomic E-state index is 0.725. The van der Waals surface area contributed by atoms with Gasteiger partial charge in [-0.2, -0.15) is 0 Å². The molecular formula is C16H17BrO2. The summed E-state index contributed by atoms with van der Waals surface area (Å²) in [6.45, 7) is 2.76. The summed E-state index contributed by atoms with van der Waals surface area (Å²) in [5.74, 6) is 2.58. The van der Waals surface area contributed by atoms with Crippen molar-refractivity contribution in [3.63, 3.8) is 0 Å². The van der Waals surface area contributed by atoms with E-state index in [4.69, 9.17) is 9.47 Å². The molecule has 0 spiro atoms. The van der Waals surface area contributed by atoms with Crippen LogP contribution in [0, 0.1) is 6.92 Å². The zero-order chi connectivity index (χ0) is 13.5. The Morgan fingerprint density at radius 1 is 0.947 bits per heavy atom. The maximum absolute atomic E-state index is 5.83. The van der Waals surface area contributed by atoms with Crippen LogP contribution in [0.3, 0.4) is 0 Å². The van der Waals surface area contributed by atoms with Crippen LogP contribution in [-0.2, 0) is 0 Å². The van der Waals surface area contributed by atoms with Crippen LogP contribution in [0.2, 0.25) is 0 Å². The van der Waals surface area contributed by atoms with E-state index in [1.807, 2.05) is 55.5 Å². The van der Waals surface area contributed by atoms with Gasteiger partial charge in [0.15, 0.2) is 0 Å². The van der Waals surface area contributed by atoms with Crippen molar-refractivity contribution >= 4 is 15.9 Å². The SMILES string of the molecule is Cc1ccccc1Oc1ccc(OCCCBr)cc1. The molecule has 0 heterocycles. The molecule has 2 aromatic carbocycles. The van der Waals surface area contributed by atoms with Crippen molar-refractivity contribution in [3.05, 3.63) is 54.1 Å². The van der Waals surface area contributed by atoms with Crippen molar-refractivity contribution in [2.75, 3.05) is 11.9 Å². The maximum atomic E-state index is 5.83. The Kier molecular flexibility index (Phi) is 5.28. The highest BCUT2D eigenvalue weighted by atomic mass is 79.9. The van der Waals surface area contributed by atoms with Crippen LogP contribution >= 0.6 is 15.9 Å². The summed E-state index contributed by atoms with van der Waals surface area (Å²) in [4.78, 5) is 0. The average Bonchev–Trinajstić information content (AvgIpc) is 2.44. The molecule has 0 aliphatic carbocycles. The molecule has 2 rings (SSSR count). The number of alkyl halides is 1. The van der Waals surface area contributed by atoms with E-state index in [-0.39, 0.29) is 0 Å². The summed E-state index contributed by atoms with van der Waals surface area (Å²) >= 11 is 3.38. The zero-order valence-electron chi connectivity index (χ0n) is 10.9. The topological polar surface area (TPSA) is 18.5 Å². The van der Waals surface area contributed by atoms with E-state index in [0.29, 0.717) is 0 Å². The summed E-state index contributed by atoms with van der Waals surface area (Å²) in [5, 5.41) is 0.960. The second-order valence-corrected chi connectivity index (χ2v) is 5.02. The van der Waals surface area contributed by atoms with Gasteiger partial charge in [-0.15, -0.1) is 0 Å². The Morgan fingerprint density at radius 2 is 1.63 bits per heavy atom. The largest absolute Gasteiger partial charge is 0.494 e. The fourth-order valence-corrected chi connectivity index (χ4v) is 1.88. The molecule has 0 saturated carbocycles. The highest BCUT2D eigenvalue weighted by Crippen LogP contribution is 2.26. The first-order valence-corrected chi connectivity index (χ1v) is 7.44. The predicted molar refractivity (Wildman–Crippen MR) is 81.6 cm³/mol. The molecule has 0 N–H and O–H groups in total. The lowest BCUT2D eigenvalue weighted by molar-refractivity contribution is 0.318. The normalized spacial score (nSPS) is 10.2. The van der Waals surface area contributed by atoms with Crippen LogP contribution in [0.25, 0.3) is 0 Å². The van der Waals surface area contributed by atoms with E-state index < -0.39 is 0 Å². The molecule has 0 bridgehead atoms. The quantitative estimate of drug-likeness (QED) is 0.553. The lowest BCUT2D eigenvalue weighted by Gasteiger charge is -2.09. The molecule has 19 heavy (non-hydrogen) atoms. The molecule has 2 aromatic rings. The third-order valence-electron chi connectivity index (χ3n) is 2.69. The van der Waals surface area contributed by atoms with Crippen molar-refractivity contribution in [3.8, 4) is 17.2 Å². The van der Waals surface area contributed by atoms with Crippen molar-refractivity contribution < 1.29 is 9.47 Å². The average molecular weight is 321 g/mol. The molecule has 2 nitrogen and oxygen atoms in total. The zero-order valence-corrected chi connectivity index (χ0v) is 12.5. The van der Waals surface area contributed by atoms with Crippen LogP contribution in [0.5, 0.6) is 17.2 Å². The Balaban J connectivity index is 1.97. The van der Waals surface area contributed by atoms with Gasteiger partial charge in [0.2, 0.25) is 0 Å². The second kappa shape index (κ2) is 7.19. The van der Waals surface area contributed by atoms with Gasteiger partial charge in [-0.25, -0.2) is 0 Å². The molecule has 0 atom stereocenters. The first-order valence-electron chi connectivity index (χ1n) is 6.32. The van der Waals surface area contributed by atoms with E-state index in [9.17, 15) is 0 Å². The smallest absolute Gasteiger partial charge is 0.130 e. The van der Waals surface area contributed by atoms with E-state index in [1.165, 1.54) is 0 Å². The highest BCUT2D eigenvalue weighted by molar-refractivity contribution is 9.09.